The van der Waals surface area contributed by atoms with E-state index in [1.54, 1.807) is 31.4 Å². The van der Waals surface area contributed by atoms with Crippen LogP contribution in [0.2, 0.25) is 0 Å². The number of benzene rings is 2. The molecule has 1 N–H and O–H groups in total. The molecule has 13 heteroatoms. The molecule has 1 heterocycles. The van der Waals surface area contributed by atoms with Crippen LogP contribution in [-0.4, -0.2) is 44.4 Å². The van der Waals surface area contributed by atoms with Crippen molar-refractivity contribution in [3.8, 4) is 16.3 Å². The third-order valence-corrected chi connectivity index (χ3v) is 6.72. The number of amides is 1. The van der Waals surface area contributed by atoms with Gasteiger partial charge in [-0.1, -0.05) is 17.4 Å². The lowest BCUT2D eigenvalue weighted by Gasteiger charge is -2.23. The number of methoxy groups -OCH3 is 1. The number of halogens is 3. The molecule has 0 aliphatic carbocycles. The third kappa shape index (κ3) is 6.67. The standard InChI is InChI=1S/C21H21F3N4O4S2/c1-32-17-10-8-14(9-11-17)19-26-27-20(33-19)25-18(29)7-4-12-28(34(2,30)31)16-6-3-5-15(13-16)21(22,23)24/h3,5-6,8-11,13H,4,7,12H2,1-2H3,(H,25,27,29). The predicted octanol–water partition coefficient (Wildman–Crippen LogP) is 4.42. The van der Waals surface area contributed by atoms with Gasteiger partial charge >= 0.3 is 6.18 Å². The molecule has 0 fully saturated rings. The molecule has 0 radical (unpaired) electrons. The zero-order valence-electron chi connectivity index (χ0n) is 18.2. The van der Waals surface area contributed by atoms with Crippen LogP contribution in [0.1, 0.15) is 18.4 Å². The Kier molecular flexibility index (Phi) is 7.77. The lowest BCUT2D eigenvalue weighted by Crippen LogP contribution is -2.31. The van der Waals surface area contributed by atoms with Crippen LogP contribution < -0.4 is 14.4 Å². The van der Waals surface area contributed by atoms with Gasteiger partial charge in [0.25, 0.3) is 0 Å². The van der Waals surface area contributed by atoms with E-state index in [4.69, 9.17) is 4.74 Å². The fraction of sp³-hybridized carbons (Fsp3) is 0.286. The normalized spacial score (nSPS) is 11.8. The summed E-state index contributed by atoms with van der Waals surface area (Å²) in [5.74, 6) is 0.269. The lowest BCUT2D eigenvalue weighted by molar-refractivity contribution is -0.137. The number of carbonyl (C=O) groups excluding carboxylic acids is 1. The summed E-state index contributed by atoms with van der Waals surface area (Å²) < 4.78 is 69.3. The number of hydrogen-bond donors (Lipinski definition) is 1. The number of aromatic nitrogens is 2. The fourth-order valence-electron chi connectivity index (χ4n) is 3.01. The molecule has 0 aliphatic heterocycles. The first kappa shape index (κ1) is 25.4. The first-order valence-electron chi connectivity index (χ1n) is 9.90. The summed E-state index contributed by atoms with van der Waals surface area (Å²) in [6.45, 7) is -0.166. The molecule has 1 aromatic heterocycles. The molecule has 3 rings (SSSR count). The van der Waals surface area contributed by atoms with Crippen molar-refractivity contribution in [1.29, 1.82) is 0 Å². The Morgan fingerprint density at radius 1 is 1.15 bits per heavy atom. The molecule has 0 saturated carbocycles. The predicted molar refractivity (Wildman–Crippen MR) is 123 cm³/mol. The van der Waals surface area contributed by atoms with E-state index < -0.39 is 27.7 Å². The molecule has 0 atom stereocenters. The molecule has 0 aliphatic rings. The Balaban J connectivity index is 1.60. The topological polar surface area (TPSA) is 101 Å². The van der Waals surface area contributed by atoms with Crippen molar-refractivity contribution in [2.45, 2.75) is 19.0 Å². The van der Waals surface area contributed by atoms with E-state index in [0.717, 1.165) is 45.7 Å². The zero-order chi connectivity index (χ0) is 24.9. The maximum atomic E-state index is 13.0. The molecule has 2 aromatic carbocycles. The number of alkyl halides is 3. The molecule has 0 spiro atoms. The van der Waals surface area contributed by atoms with Gasteiger partial charge in [0.2, 0.25) is 21.1 Å². The van der Waals surface area contributed by atoms with Crippen LogP contribution in [0.4, 0.5) is 24.0 Å². The van der Waals surface area contributed by atoms with Crippen LogP contribution in [0, 0.1) is 0 Å². The van der Waals surface area contributed by atoms with Gasteiger partial charge in [0.1, 0.15) is 10.8 Å². The fourth-order valence-corrected chi connectivity index (χ4v) is 4.74. The van der Waals surface area contributed by atoms with Gasteiger partial charge in [-0.05, 0) is 48.9 Å². The number of nitrogens with zero attached hydrogens (tertiary/aromatic N) is 3. The Morgan fingerprint density at radius 3 is 2.47 bits per heavy atom. The molecule has 0 saturated heterocycles. The molecule has 182 valence electrons. The van der Waals surface area contributed by atoms with Crippen molar-refractivity contribution in [1.82, 2.24) is 10.2 Å². The summed E-state index contributed by atoms with van der Waals surface area (Å²) in [7, 11) is -2.31. The second kappa shape index (κ2) is 10.4. The molecule has 0 bridgehead atoms. The molecule has 3 aromatic rings. The van der Waals surface area contributed by atoms with Gasteiger partial charge in [-0.3, -0.25) is 9.10 Å². The highest BCUT2D eigenvalue weighted by Crippen LogP contribution is 2.32. The number of sulfonamides is 1. The number of anilines is 2. The van der Waals surface area contributed by atoms with Crippen LogP contribution in [-0.2, 0) is 21.0 Å². The molecular weight excluding hydrogens is 493 g/mol. The summed E-state index contributed by atoms with van der Waals surface area (Å²) in [5, 5.41) is 11.4. The minimum atomic E-state index is -4.61. The van der Waals surface area contributed by atoms with Crippen LogP contribution in [0.5, 0.6) is 5.75 Å². The van der Waals surface area contributed by atoms with Crippen molar-refractivity contribution in [3.05, 3.63) is 54.1 Å². The number of hydrogen-bond acceptors (Lipinski definition) is 7. The monoisotopic (exact) mass is 514 g/mol. The van der Waals surface area contributed by atoms with Gasteiger partial charge in [-0.2, -0.15) is 13.2 Å². The van der Waals surface area contributed by atoms with Gasteiger partial charge in [0.15, 0.2) is 0 Å². The minimum absolute atomic E-state index is 0.0670. The molecule has 1 amide bonds. The summed E-state index contributed by atoms with van der Waals surface area (Å²) in [5.41, 5.74) is -0.282. The quantitative estimate of drug-likeness (QED) is 0.454. The number of carbonyl (C=O) groups is 1. The average molecular weight is 515 g/mol. The minimum Gasteiger partial charge on any atom is -0.497 e. The van der Waals surface area contributed by atoms with Gasteiger partial charge in [0.05, 0.1) is 24.6 Å². The summed E-state index contributed by atoms with van der Waals surface area (Å²) in [4.78, 5) is 12.3. The highest BCUT2D eigenvalue weighted by molar-refractivity contribution is 7.92. The highest BCUT2D eigenvalue weighted by Gasteiger charge is 2.31. The van der Waals surface area contributed by atoms with Crippen LogP contribution >= 0.6 is 11.3 Å². The van der Waals surface area contributed by atoms with Gasteiger partial charge in [0, 0.05) is 18.5 Å². The average Bonchev–Trinajstić information content (AvgIpc) is 3.23. The molecule has 34 heavy (non-hydrogen) atoms. The maximum absolute atomic E-state index is 13.0. The van der Waals surface area contributed by atoms with Crippen molar-refractivity contribution >= 4 is 38.1 Å². The van der Waals surface area contributed by atoms with Crippen LogP contribution in [0.3, 0.4) is 0 Å². The Hall–Kier alpha value is -3.19. The summed E-state index contributed by atoms with van der Waals surface area (Å²) in [6, 6.07) is 11.2. The number of rotatable bonds is 9. The second-order valence-electron chi connectivity index (χ2n) is 7.18. The Bertz CT molecular complexity index is 1250. The van der Waals surface area contributed by atoms with E-state index >= 15 is 0 Å². The van der Waals surface area contributed by atoms with E-state index in [2.05, 4.69) is 15.5 Å². The van der Waals surface area contributed by atoms with Gasteiger partial charge in [-0.25, -0.2) is 8.42 Å². The van der Waals surface area contributed by atoms with E-state index in [0.29, 0.717) is 10.8 Å². The van der Waals surface area contributed by atoms with E-state index in [-0.39, 0.29) is 30.2 Å². The summed E-state index contributed by atoms with van der Waals surface area (Å²) >= 11 is 1.16. The highest BCUT2D eigenvalue weighted by atomic mass is 32.2. The smallest absolute Gasteiger partial charge is 0.416 e. The van der Waals surface area contributed by atoms with Gasteiger partial charge in [-0.15, -0.1) is 10.2 Å². The van der Waals surface area contributed by atoms with Crippen molar-refractivity contribution in [3.63, 3.8) is 0 Å². The number of nitrogens with one attached hydrogen (secondary N) is 1. The lowest BCUT2D eigenvalue weighted by atomic mass is 10.2. The Morgan fingerprint density at radius 2 is 1.85 bits per heavy atom. The van der Waals surface area contributed by atoms with Crippen LogP contribution in [0.25, 0.3) is 10.6 Å². The Labute approximate surface area is 198 Å². The molecule has 8 nitrogen and oxygen atoms in total. The SMILES string of the molecule is COc1ccc(-c2nnc(NC(=O)CCCN(c3cccc(C(F)(F)F)c3)S(C)(=O)=O)s2)cc1. The van der Waals surface area contributed by atoms with Gasteiger partial charge < -0.3 is 10.1 Å². The van der Waals surface area contributed by atoms with E-state index in [9.17, 15) is 26.4 Å². The van der Waals surface area contributed by atoms with Crippen molar-refractivity contribution in [2.75, 3.05) is 29.5 Å². The first-order chi connectivity index (χ1) is 16.0. The van der Waals surface area contributed by atoms with Crippen molar-refractivity contribution in [2.24, 2.45) is 0 Å². The summed E-state index contributed by atoms with van der Waals surface area (Å²) in [6.07, 6.45) is -3.69. The van der Waals surface area contributed by atoms with E-state index in [1.807, 2.05) is 0 Å². The van der Waals surface area contributed by atoms with Crippen molar-refractivity contribution < 1.29 is 31.1 Å². The first-order valence-corrected chi connectivity index (χ1v) is 12.6. The second-order valence-corrected chi connectivity index (χ2v) is 10.1. The molecule has 0 unspecified atom stereocenters. The zero-order valence-corrected chi connectivity index (χ0v) is 19.8. The number of ether oxygens (including phenoxy) is 1. The van der Waals surface area contributed by atoms with Crippen LogP contribution in [0.15, 0.2) is 48.5 Å². The molecular formula is C21H21F3N4O4S2. The maximum Gasteiger partial charge on any atom is 0.416 e. The third-order valence-electron chi connectivity index (χ3n) is 4.64. The van der Waals surface area contributed by atoms with E-state index in [1.165, 1.54) is 6.07 Å². The largest absolute Gasteiger partial charge is 0.497 e.